The van der Waals surface area contributed by atoms with Crippen molar-refractivity contribution in [2.45, 2.75) is 25.7 Å². The van der Waals surface area contributed by atoms with Gasteiger partial charge in [-0.1, -0.05) is 29.3 Å². The molecule has 0 aromatic heterocycles. The molecule has 1 aromatic carbocycles. The van der Waals surface area contributed by atoms with Crippen LogP contribution in [0.2, 0.25) is 10.0 Å². The molecule has 0 saturated heterocycles. The van der Waals surface area contributed by atoms with Crippen LogP contribution in [0.25, 0.3) is 0 Å². The highest BCUT2D eigenvalue weighted by molar-refractivity contribution is 6.42. The van der Waals surface area contributed by atoms with Crippen molar-refractivity contribution in [1.82, 2.24) is 5.32 Å². The fourth-order valence-electron chi connectivity index (χ4n) is 1.53. The van der Waals surface area contributed by atoms with Crippen LogP contribution in [0.15, 0.2) is 18.2 Å². The van der Waals surface area contributed by atoms with Gasteiger partial charge in [-0.25, -0.2) is 0 Å². The van der Waals surface area contributed by atoms with Gasteiger partial charge in [-0.05, 0) is 30.5 Å². The molecular formula is C13H15Cl2NO3. The Labute approximate surface area is 121 Å². The van der Waals surface area contributed by atoms with Gasteiger partial charge in [0.25, 0.3) is 0 Å². The van der Waals surface area contributed by atoms with Gasteiger partial charge in [-0.2, -0.15) is 0 Å². The van der Waals surface area contributed by atoms with Crippen molar-refractivity contribution in [3.8, 4) is 0 Å². The molecule has 0 saturated carbocycles. The van der Waals surface area contributed by atoms with Gasteiger partial charge in [0.05, 0.1) is 16.5 Å². The van der Waals surface area contributed by atoms with E-state index in [9.17, 15) is 9.59 Å². The Bertz CT molecular complexity index is 463. The van der Waals surface area contributed by atoms with E-state index in [2.05, 4.69) is 5.32 Å². The van der Waals surface area contributed by atoms with Crippen molar-refractivity contribution in [1.29, 1.82) is 0 Å². The molecule has 2 N–H and O–H groups in total. The molecule has 0 spiro atoms. The number of unbranched alkanes of at least 4 members (excludes halogenated alkanes) is 1. The fourth-order valence-corrected chi connectivity index (χ4v) is 1.85. The van der Waals surface area contributed by atoms with Crippen molar-refractivity contribution < 1.29 is 14.7 Å². The fraction of sp³-hybridized carbons (Fsp3) is 0.385. The number of carboxylic acids is 1. The Balaban J connectivity index is 2.27. The van der Waals surface area contributed by atoms with Crippen LogP contribution >= 0.6 is 23.2 Å². The molecule has 0 radical (unpaired) electrons. The van der Waals surface area contributed by atoms with Crippen molar-refractivity contribution in [2.75, 3.05) is 6.54 Å². The largest absolute Gasteiger partial charge is 0.481 e. The quantitative estimate of drug-likeness (QED) is 0.761. The smallest absolute Gasteiger partial charge is 0.303 e. The summed E-state index contributed by atoms with van der Waals surface area (Å²) in [5.41, 5.74) is 0.789. The minimum Gasteiger partial charge on any atom is -0.481 e. The summed E-state index contributed by atoms with van der Waals surface area (Å²) < 4.78 is 0. The summed E-state index contributed by atoms with van der Waals surface area (Å²) in [6, 6.07) is 5.06. The Morgan fingerprint density at radius 1 is 1.16 bits per heavy atom. The van der Waals surface area contributed by atoms with Crippen molar-refractivity contribution in [3.05, 3.63) is 33.8 Å². The van der Waals surface area contributed by atoms with Crippen LogP contribution in [0, 0.1) is 0 Å². The summed E-state index contributed by atoms with van der Waals surface area (Å²) in [4.78, 5) is 21.9. The van der Waals surface area contributed by atoms with Crippen LogP contribution in [0.4, 0.5) is 0 Å². The van der Waals surface area contributed by atoms with Crippen LogP contribution in [-0.2, 0) is 16.0 Å². The van der Waals surface area contributed by atoms with E-state index in [4.69, 9.17) is 28.3 Å². The van der Waals surface area contributed by atoms with Gasteiger partial charge in [0.15, 0.2) is 0 Å². The third-order valence-corrected chi connectivity index (χ3v) is 3.23. The van der Waals surface area contributed by atoms with Gasteiger partial charge in [0.1, 0.15) is 0 Å². The molecule has 1 amide bonds. The average Bonchev–Trinajstić information content (AvgIpc) is 2.33. The van der Waals surface area contributed by atoms with E-state index in [1.54, 1.807) is 18.2 Å². The SMILES string of the molecule is O=C(O)CCCCNC(=O)Cc1ccc(Cl)c(Cl)c1. The number of hydrogen-bond acceptors (Lipinski definition) is 2. The first-order chi connectivity index (χ1) is 8.99. The number of hydrogen-bond donors (Lipinski definition) is 2. The minimum atomic E-state index is -0.817. The first kappa shape index (κ1) is 15.8. The molecular weight excluding hydrogens is 289 g/mol. The maximum absolute atomic E-state index is 11.6. The molecule has 0 aliphatic carbocycles. The molecule has 4 nitrogen and oxygen atoms in total. The topological polar surface area (TPSA) is 66.4 Å². The monoisotopic (exact) mass is 303 g/mol. The molecule has 0 aliphatic rings. The second-order valence-corrected chi connectivity index (χ2v) is 4.94. The van der Waals surface area contributed by atoms with Crippen molar-refractivity contribution in [3.63, 3.8) is 0 Å². The van der Waals surface area contributed by atoms with Crippen LogP contribution in [0.1, 0.15) is 24.8 Å². The van der Waals surface area contributed by atoms with E-state index in [0.29, 0.717) is 29.4 Å². The number of nitrogens with one attached hydrogen (secondary N) is 1. The van der Waals surface area contributed by atoms with E-state index < -0.39 is 5.97 Å². The average molecular weight is 304 g/mol. The number of rotatable bonds is 7. The van der Waals surface area contributed by atoms with E-state index in [0.717, 1.165) is 5.56 Å². The third-order valence-electron chi connectivity index (χ3n) is 2.49. The van der Waals surface area contributed by atoms with Gasteiger partial charge < -0.3 is 10.4 Å². The minimum absolute atomic E-state index is 0.117. The standard InChI is InChI=1S/C13H15Cl2NO3/c14-10-5-4-9(7-11(10)15)8-12(17)16-6-2-1-3-13(18)19/h4-5,7H,1-3,6,8H2,(H,16,17)(H,18,19). The highest BCUT2D eigenvalue weighted by Gasteiger charge is 2.05. The highest BCUT2D eigenvalue weighted by atomic mass is 35.5. The van der Waals surface area contributed by atoms with E-state index in [1.807, 2.05) is 0 Å². The molecule has 6 heteroatoms. The van der Waals surface area contributed by atoms with E-state index >= 15 is 0 Å². The first-order valence-corrected chi connectivity index (χ1v) is 6.67. The summed E-state index contributed by atoms with van der Waals surface area (Å²) in [6.45, 7) is 0.480. The third kappa shape index (κ3) is 6.45. The Morgan fingerprint density at radius 2 is 1.89 bits per heavy atom. The lowest BCUT2D eigenvalue weighted by molar-refractivity contribution is -0.137. The van der Waals surface area contributed by atoms with Crippen LogP contribution in [-0.4, -0.2) is 23.5 Å². The number of carbonyl (C=O) groups excluding carboxylic acids is 1. The van der Waals surface area contributed by atoms with Gasteiger partial charge in [0, 0.05) is 13.0 Å². The summed E-state index contributed by atoms with van der Waals surface area (Å²) >= 11 is 11.6. The predicted octanol–water partition coefficient (Wildman–Crippen LogP) is 2.91. The van der Waals surface area contributed by atoms with Gasteiger partial charge >= 0.3 is 5.97 Å². The molecule has 0 bridgehead atoms. The lowest BCUT2D eigenvalue weighted by Crippen LogP contribution is -2.26. The molecule has 0 aliphatic heterocycles. The van der Waals surface area contributed by atoms with Gasteiger partial charge in [-0.3, -0.25) is 9.59 Å². The second kappa shape index (κ2) is 8.02. The Hall–Kier alpha value is -1.26. The molecule has 19 heavy (non-hydrogen) atoms. The molecule has 0 unspecified atom stereocenters. The highest BCUT2D eigenvalue weighted by Crippen LogP contribution is 2.22. The summed E-state index contributed by atoms with van der Waals surface area (Å²) in [5, 5.41) is 12.1. The zero-order valence-corrected chi connectivity index (χ0v) is 11.8. The zero-order valence-electron chi connectivity index (χ0n) is 10.3. The molecule has 1 aromatic rings. The molecule has 0 atom stereocenters. The van der Waals surface area contributed by atoms with Crippen molar-refractivity contribution >= 4 is 35.1 Å². The molecule has 104 valence electrons. The molecule has 0 heterocycles. The maximum atomic E-state index is 11.6. The normalized spacial score (nSPS) is 10.2. The Morgan fingerprint density at radius 3 is 2.53 bits per heavy atom. The van der Waals surface area contributed by atoms with E-state index in [1.165, 1.54) is 0 Å². The van der Waals surface area contributed by atoms with Crippen molar-refractivity contribution in [2.24, 2.45) is 0 Å². The lowest BCUT2D eigenvalue weighted by atomic mass is 10.1. The van der Waals surface area contributed by atoms with E-state index in [-0.39, 0.29) is 18.7 Å². The number of amides is 1. The molecule has 1 rings (SSSR count). The van der Waals surface area contributed by atoms with Crippen LogP contribution < -0.4 is 5.32 Å². The zero-order chi connectivity index (χ0) is 14.3. The summed E-state index contributed by atoms with van der Waals surface area (Å²) in [6.07, 6.45) is 1.57. The second-order valence-electron chi connectivity index (χ2n) is 4.13. The number of aliphatic carboxylic acids is 1. The number of halogens is 2. The van der Waals surface area contributed by atoms with Gasteiger partial charge in [0.2, 0.25) is 5.91 Å². The van der Waals surface area contributed by atoms with Crippen LogP contribution in [0.3, 0.4) is 0 Å². The summed E-state index contributed by atoms with van der Waals surface area (Å²) in [7, 11) is 0. The van der Waals surface area contributed by atoms with Crippen LogP contribution in [0.5, 0.6) is 0 Å². The Kier molecular flexibility index (Phi) is 6.67. The summed E-state index contributed by atoms with van der Waals surface area (Å²) in [5.74, 6) is -0.934. The number of benzene rings is 1. The number of carboxylic acid groups (broad SMARTS) is 1. The maximum Gasteiger partial charge on any atom is 0.303 e. The first-order valence-electron chi connectivity index (χ1n) is 5.91. The van der Waals surface area contributed by atoms with Gasteiger partial charge in [-0.15, -0.1) is 0 Å². The predicted molar refractivity (Wildman–Crippen MR) is 74.7 cm³/mol. The number of carbonyl (C=O) groups is 2. The molecule has 0 fully saturated rings. The lowest BCUT2D eigenvalue weighted by Gasteiger charge is -2.05.